The van der Waals surface area contributed by atoms with Crippen LogP contribution in [-0.4, -0.2) is 5.91 Å². The second-order valence-corrected chi connectivity index (χ2v) is 4.05. The molecule has 0 saturated heterocycles. The maximum Gasteiger partial charge on any atom is 0.244 e. The molecule has 0 radical (unpaired) electrons. The number of nitrogens with one attached hydrogen (secondary N) is 1. The Morgan fingerprint density at radius 2 is 2.38 bits per heavy atom. The summed E-state index contributed by atoms with van der Waals surface area (Å²) in [5.41, 5.74) is 1.02. The fourth-order valence-corrected chi connectivity index (χ4v) is 1.55. The minimum Gasteiger partial charge on any atom is -0.348 e. The molecule has 70 valence electrons. The van der Waals surface area contributed by atoms with Gasteiger partial charge in [0.25, 0.3) is 0 Å². The average molecular weight is 195 g/mol. The maximum atomic E-state index is 11.2. The van der Waals surface area contributed by atoms with E-state index in [1.807, 2.05) is 31.4 Å². The molecule has 1 aromatic rings. The molecule has 1 rings (SSSR count). The normalized spacial score (nSPS) is 9.38. The number of thiophene rings is 1. The molecule has 0 aliphatic heterocycles. The van der Waals surface area contributed by atoms with E-state index in [0.29, 0.717) is 6.54 Å². The van der Waals surface area contributed by atoms with Crippen molar-refractivity contribution in [2.45, 2.75) is 20.4 Å². The SMILES string of the molecule is CC(C)=CC(=O)NCc1cccs1. The van der Waals surface area contributed by atoms with Crippen LogP contribution in [0.2, 0.25) is 0 Å². The highest BCUT2D eigenvalue weighted by Gasteiger charge is 1.96. The summed E-state index contributed by atoms with van der Waals surface area (Å²) in [5, 5.41) is 4.81. The molecule has 3 heteroatoms. The lowest BCUT2D eigenvalue weighted by molar-refractivity contribution is -0.116. The maximum absolute atomic E-state index is 11.2. The molecule has 1 N–H and O–H groups in total. The summed E-state index contributed by atoms with van der Waals surface area (Å²) in [6, 6.07) is 3.99. The third-order valence-electron chi connectivity index (χ3n) is 1.44. The lowest BCUT2D eigenvalue weighted by Gasteiger charge is -1.99. The first kappa shape index (κ1) is 9.99. The average Bonchev–Trinajstić information content (AvgIpc) is 2.51. The number of hydrogen-bond acceptors (Lipinski definition) is 2. The van der Waals surface area contributed by atoms with Crippen molar-refractivity contribution in [2.75, 3.05) is 0 Å². The standard InChI is InChI=1S/C10H13NOS/c1-8(2)6-10(12)11-7-9-4-3-5-13-9/h3-6H,7H2,1-2H3,(H,11,12). The van der Waals surface area contributed by atoms with Crippen molar-refractivity contribution in [3.8, 4) is 0 Å². The van der Waals surface area contributed by atoms with Gasteiger partial charge in [-0.15, -0.1) is 11.3 Å². The van der Waals surface area contributed by atoms with Gasteiger partial charge in [0, 0.05) is 11.0 Å². The van der Waals surface area contributed by atoms with Gasteiger partial charge in [-0.25, -0.2) is 0 Å². The van der Waals surface area contributed by atoms with Gasteiger partial charge in [0.1, 0.15) is 0 Å². The lowest BCUT2D eigenvalue weighted by atomic mass is 10.3. The minimum absolute atomic E-state index is 0.0200. The monoisotopic (exact) mass is 195 g/mol. The summed E-state index contributed by atoms with van der Waals surface area (Å²) in [6.07, 6.45) is 1.60. The molecule has 1 heterocycles. The molecular weight excluding hydrogens is 182 g/mol. The molecule has 0 fully saturated rings. The van der Waals surface area contributed by atoms with Gasteiger partial charge in [-0.3, -0.25) is 4.79 Å². The summed E-state index contributed by atoms with van der Waals surface area (Å²) < 4.78 is 0. The molecule has 1 amide bonds. The second kappa shape index (κ2) is 4.82. The number of allylic oxidation sites excluding steroid dienone is 1. The van der Waals surface area contributed by atoms with E-state index in [4.69, 9.17) is 0 Å². The summed E-state index contributed by atoms with van der Waals surface area (Å²) in [4.78, 5) is 12.3. The van der Waals surface area contributed by atoms with Crippen molar-refractivity contribution in [3.63, 3.8) is 0 Å². The van der Waals surface area contributed by atoms with E-state index in [0.717, 1.165) is 5.57 Å². The topological polar surface area (TPSA) is 29.1 Å². The Hall–Kier alpha value is -1.09. The quantitative estimate of drug-likeness (QED) is 0.737. The first-order chi connectivity index (χ1) is 6.18. The van der Waals surface area contributed by atoms with E-state index in [-0.39, 0.29) is 5.91 Å². The Balaban J connectivity index is 2.35. The summed E-state index contributed by atoms with van der Waals surface area (Å²) in [6.45, 7) is 4.44. The van der Waals surface area contributed by atoms with Gasteiger partial charge in [-0.2, -0.15) is 0 Å². The van der Waals surface area contributed by atoms with Crippen molar-refractivity contribution in [1.82, 2.24) is 5.32 Å². The molecule has 0 bridgehead atoms. The van der Waals surface area contributed by atoms with Crippen LogP contribution in [0.1, 0.15) is 18.7 Å². The Morgan fingerprint density at radius 1 is 1.62 bits per heavy atom. The largest absolute Gasteiger partial charge is 0.348 e. The van der Waals surface area contributed by atoms with E-state index in [2.05, 4.69) is 5.32 Å². The smallest absolute Gasteiger partial charge is 0.244 e. The van der Waals surface area contributed by atoms with E-state index < -0.39 is 0 Å². The Bertz CT molecular complexity index is 297. The van der Waals surface area contributed by atoms with Crippen LogP contribution in [-0.2, 0) is 11.3 Å². The lowest BCUT2D eigenvalue weighted by Crippen LogP contribution is -2.19. The molecule has 2 nitrogen and oxygen atoms in total. The Kier molecular flexibility index (Phi) is 3.71. The zero-order chi connectivity index (χ0) is 9.68. The third kappa shape index (κ3) is 3.90. The van der Waals surface area contributed by atoms with Crippen molar-refractivity contribution >= 4 is 17.2 Å². The predicted molar refractivity (Wildman–Crippen MR) is 55.6 cm³/mol. The molecule has 0 saturated carbocycles. The number of carbonyl (C=O) groups excluding carboxylic acids is 1. The minimum atomic E-state index is -0.0200. The van der Waals surface area contributed by atoms with Gasteiger partial charge >= 0.3 is 0 Å². The third-order valence-corrected chi connectivity index (χ3v) is 2.31. The molecule has 1 aromatic heterocycles. The molecule has 0 unspecified atom stereocenters. The summed E-state index contributed by atoms with van der Waals surface area (Å²) in [5.74, 6) is -0.0200. The highest BCUT2D eigenvalue weighted by Crippen LogP contribution is 2.07. The van der Waals surface area contributed by atoms with E-state index >= 15 is 0 Å². The summed E-state index contributed by atoms with van der Waals surface area (Å²) >= 11 is 1.65. The second-order valence-electron chi connectivity index (χ2n) is 3.02. The molecule has 13 heavy (non-hydrogen) atoms. The van der Waals surface area contributed by atoms with Crippen LogP contribution >= 0.6 is 11.3 Å². The van der Waals surface area contributed by atoms with Gasteiger partial charge in [0.05, 0.1) is 6.54 Å². The van der Waals surface area contributed by atoms with Crippen LogP contribution in [0.25, 0.3) is 0 Å². The zero-order valence-electron chi connectivity index (χ0n) is 7.83. The van der Waals surface area contributed by atoms with Gasteiger partial charge < -0.3 is 5.32 Å². The van der Waals surface area contributed by atoms with E-state index in [1.165, 1.54) is 4.88 Å². The highest BCUT2D eigenvalue weighted by molar-refractivity contribution is 7.09. The van der Waals surface area contributed by atoms with Gasteiger partial charge in [-0.05, 0) is 25.3 Å². The van der Waals surface area contributed by atoms with Crippen LogP contribution in [0.3, 0.4) is 0 Å². The van der Waals surface area contributed by atoms with Gasteiger partial charge in [0.15, 0.2) is 0 Å². The fraction of sp³-hybridized carbons (Fsp3) is 0.300. The first-order valence-corrected chi connectivity index (χ1v) is 5.01. The predicted octanol–water partition coefficient (Wildman–Crippen LogP) is 2.33. The van der Waals surface area contributed by atoms with Crippen LogP contribution < -0.4 is 5.32 Å². The van der Waals surface area contributed by atoms with Crippen LogP contribution in [0, 0.1) is 0 Å². The number of hydrogen-bond donors (Lipinski definition) is 1. The van der Waals surface area contributed by atoms with Crippen molar-refractivity contribution in [2.24, 2.45) is 0 Å². The first-order valence-electron chi connectivity index (χ1n) is 4.13. The van der Waals surface area contributed by atoms with Crippen molar-refractivity contribution in [1.29, 1.82) is 0 Å². The zero-order valence-corrected chi connectivity index (χ0v) is 8.65. The van der Waals surface area contributed by atoms with Crippen molar-refractivity contribution < 1.29 is 4.79 Å². The Labute approximate surface area is 82.3 Å². The number of carbonyl (C=O) groups is 1. The van der Waals surface area contributed by atoms with E-state index in [9.17, 15) is 4.79 Å². The van der Waals surface area contributed by atoms with Gasteiger partial charge in [-0.1, -0.05) is 11.6 Å². The molecule has 0 aliphatic carbocycles. The molecule has 0 atom stereocenters. The Morgan fingerprint density at radius 3 is 2.92 bits per heavy atom. The van der Waals surface area contributed by atoms with Crippen molar-refractivity contribution in [3.05, 3.63) is 34.0 Å². The molecule has 0 aromatic carbocycles. The molecular formula is C10H13NOS. The summed E-state index contributed by atoms with van der Waals surface area (Å²) in [7, 11) is 0. The number of rotatable bonds is 3. The van der Waals surface area contributed by atoms with Crippen LogP contribution in [0.4, 0.5) is 0 Å². The van der Waals surface area contributed by atoms with Gasteiger partial charge in [0.2, 0.25) is 5.91 Å². The fourth-order valence-electron chi connectivity index (χ4n) is 0.901. The van der Waals surface area contributed by atoms with Crippen LogP contribution in [0.5, 0.6) is 0 Å². The molecule has 0 spiro atoms. The number of amides is 1. The highest BCUT2D eigenvalue weighted by atomic mass is 32.1. The van der Waals surface area contributed by atoms with E-state index in [1.54, 1.807) is 17.4 Å². The van der Waals surface area contributed by atoms with Crippen LogP contribution in [0.15, 0.2) is 29.2 Å². The molecule has 0 aliphatic rings.